The molecule has 2 aliphatic heterocycles. The van der Waals surface area contributed by atoms with Crippen LogP contribution < -0.4 is 0 Å². The molecule has 124 valence electrons. The van der Waals surface area contributed by atoms with Crippen LogP contribution in [0.1, 0.15) is 50.4 Å². The molecular weight excluding hydrogens is 332 g/mol. The highest BCUT2D eigenvalue weighted by atomic mass is 32.2. The lowest BCUT2D eigenvalue weighted by atomic mass is 9.84. The molecule has 0 fully saturated rings. The average molecular weight is 346 g/mol. The van der Waals surface area contributed by atoms with E-state index in [1.165, 1.54) is 0 Å². The number of rotatable bonds is 4. The number of hydrogen-bond donors (Lipinski definition) is 1. The summed E-state index contributed by atoms with van der Waals surface area (Å²) in [6.07, 6.45) is 0.493. The van der Waals surface area contributed by atoms with Crippen LogP contribution in [0.2, 0.25) is 0 Å². The highest BCUT2D eigenvalue weighted by Gasteiger charge is 2.42. The maximum atomic E-state index is 11.1. The van der Waals surface area contributed by atoms with E-state index in [-0.39, 0.29) is 24.4 Å². The quantitative estimate of drug-likeness (QED) is 0.855. The molecule has 0 amide bonds. The van der Waals surface area contributed by atoms with Crippen LogP contribution in [0.15, 0.2) is 36.4 Å². The first-order chi connectivity index (χ1) is 11.3. The maximum absolute atomic E-state index is 11.1. The van der Waals surface area contributed by atoms with E-state index >= 15 is 0 Å². The van der Waals surface area contributed by atoms with Crippen molar-refractivity contribution >= 4 is 16.1 Å². The van der Waals surface area contributed by atoms with Crippen molar-refractivity contribution in [2.45, 2.75) is 18.8 Å². The van der Waals surface area contributed by atoms with Crippen LogP contribution in [0.4, 0.5) is 0 Å². The van der Waals surface area contributed by atoms with Gasteiger partial charge in [0, 0.05) is 0 Å². The van der Waals surface area contributed by atoms with Gasteiger partial charge in [0.25, 0.3) is 10.1 Å². The first kappa shape index (κ1) is 15.3. The number of fused-ring (bicyclic) bond motifs is 8. The van der Waals surface area contributed by atoms with Gasteiger partial charge < -0.3 is 9.84 Å². The molecule has 2 heterocycles. The average Bonchev–Trinajstić information content (AvgIpc) is 3.08. The minimum atomic E-state index is -3.50. The SMILES string of the molecule is CS(=O)(=O)OCc1ccc2c(c1)[C@@H]1O[C@H]2c2cc(C(=O)O)ccc21. The summed E-state index contributed by atoms with van der Waals surface area (Å²) in [6, 6.07) is 10.6. The summed E-state index contributed by atoms with van der Waals surface area (Å²) in [5.74, 6) is -0.964. The van der Waals surface area contributed by atoms with Gasteiger partial charge in [0.15, 0.2) is 0 Å². The monoisotopic (exact) mass is 346 g/mol. The molecule has 4 rings (SSSR count). The van der Waals surface area contributed by atoms with Gasteiger partial charge in [-0.25, -0.2) is 4.79 Å². The van der Waals surface area contributed by atoms with E-state index in [0.29, 0.717) is 0 Å². The second-order valence-electron chi connectivity index (χ2n) is 5.97. The molecule has 0 saturated carbocycles. The van der Waals surface area contributed by atoms with Gasteiger partial charge in [-0.2, -0.15) is 8.42 Å². The Balaban J connectivity index is 1.68. The molecule has 2 aliphatic rings. The molecule has 0 unspecified atom stereocenters. The zero-order chi connectivity index (χ0) is 17.1. The second kappa shape index (κ2) is 5.14. The summed E-state index contributed by atoms with van der Waals surface area (Å²) in [5.41, 5.74) is 4.79. The fraction of sp³-hybridized carbons (Fsp3) is 0.235. The second-order valence-corrected chi connectivity index (χ2v) is 7.62. The van der Waals surface area contributed by atoms with E-state index in [1.807, 2.05) is 12.1 Å². The van der Waals surface area contributed by atoms with Crippen molar-refractivity contribution in [2.24, 2.45) is 0 Å². The highest BCUT2D eigenvalue weighted by Crippen LogP contribution is 2.54. The van der Waals surface area contributed by atoms with E-state index in [1.54, 1.807) is 24.3 Å². The van der Waals surface area contributed by atoms with Gasteiger partial charge in [-0.3, -0.25) is 4.18 Å². The Morgan fingerprint density at radius 3 is 2.33 bits per heavy atom. The molecule has 0 spiro atoms. The number of carbonyl (C=O) groups is 1. The molecule has 24 heavy (non-hydrogen) atoms. The van der Waals surface area contributed by atoms with E-state index in [2.05, 4.69) is 0 Å². The number of benzene rings is 2. The molecule has 6 nitrogen and oxygen atoms in total. The van der Waals surface area contributed by atoms with Crippen LogP contribution >= 0.6 is 0 Å². The topological polar surface area (TPSA) is 89.9 Å². The fourth-order valence-corrected chi connectivity index (χ4v) is 3.64. The normalized spacial score (nSPS) is 20.7. The summed E-state index contributed by atoms with van der Waals surface area (Å²) in [6.45, 7) is -0.0195. The van der Waals surface area contributed by atoms with E-state index in [0.717, 1.165) is 34.1 Å². The summed E-state index contributed by atoms with van der Waals surface area (Å²) >= 11 is 0. The van der Waals surface area contributed by atoms with Crippen molar-refractivity contribution in [3.63, 3.8) is 0 Å². The van der Waals surface area contributed by atoms with Crippen LogP contribution in [0, 0.1) is 0 Å². The molecular formula is C17H14O6S. The highest BCUT2D eigenvalue weighted by molar-refractivity contribution is 7.85. The fourth-order valence-electron chi connectivity index (χ4n) is 3.29. The number of ether oxygens (including phenoxy) is 1. The molecule has 0 radical (unpaired) electrons. The molecule has 0 saturated heterocycles. The van der Waals surface area contributed by atoms with Crippen LogP contribution in [0.3, 0.4) is 0 Å². The van der Waals surface area contributed by atoms with Gasteiger partial charge in [0.2, 0.25) is 0 Å². The lowest BCUT2D eigenvalue weighted by Gasteiger charge is -2.17. The van der Waals surface area contributed by atoms with Crippen molar-refractivity contribution in [1.29, 1.82) is 0 Å². The van der Waals surface area contributed by atoms with Crippen molar-refractivity contribution in [2.75, 3.05) is 6.26 Å². The van der Waals surface area contributed by atoms with Crippen LogP contribution in [-0.2, 0) is 25.6 Å². The smallest absolute Gasteiger partial charge is 0.335 e. The Labute approximate surface area is 138 Å². The minimum Gasteiger partial charge on any atom is -0.478 e. The zero-order valence-electron chi connectivity index (χ0n) is 12.7. The summed E-state index contributed by atoms with van der Waals surface area (Å²) < 4.78 is 33.1. The lowest BCUT2D eigenvalue weighted by Crippen LogP contribution is -2.07. The number of hydrogen-bond acceptors (Lipinski definition) is 5. The van der Waals surface area contributed by atoms with E-state index < -0.39 is 16.1 Å². The third-order valence-corrected chi connectivity index (χ3v) is 4.87. The molecule has 0 aliphatic carbocycles. The van der Waals surface area contributed by atoms with Crippen LogP contribution in [0.5, 0.6) is 0 Å². The van der Waals surface area contributed by atoms with E-state index in [4.69, 9.17) is 14.0 Å². The van der Waals surface area contributed by atoms with Crippen molar-refractivity contribution in [3.8, 4) is 0 Å². The predicted octanol–water partition coefficient (Wildman–Crippen LogP) is 2.38. The van der Waals surface area contributed by atoms with Gasteiger partial charge in [0.05, 0.1) is 18.4 Å². The summed E-state index contributed by atoms with van der Waals surface area (Å²) in [5, 5.41) is 9.14. The number of carboxylic acids is 1. The molecule has 1 N–H and O–H groups in total. The molecule has 2 aromatic rings. The third-order valence-electron chi connectivity index (χ3n) is 4.33. The van der Waals surface area contributed by atoms with Crippen molar-refractivity contribution < 1.29 is 27.2 Å². The number of aromatic carboxylic acids is 1. The van der Waals surface area contributed by atoms with Gasteiger partial charge in [-0.05, 0) is 39.9 Å². The van der Waals surface area contributed by atoms with Gasteiger partial charge in [0.1, 0.15) is 12.2 Å². The van der Waals surface area contributed by atoms with E-state index in [9.17, 15) is 13.2 Å². The Hall–Kier alpha value is -2.22. The molecule has 2 atom stereocenters. The Morgan fingerprint density at radius 2 is 1.71 bits per heavy atom. The lowest BCUT2D eigenvalue weighted by molar-refractivity contribution is 0.0696. The van der Waals surface area contributed by atoms with Crippen molar-refractivity contribution in [1.82, 2.24) is 0 Å². The largest absolute Gasteiger partial charge is 0.478 e. The first-order valence-electron chi connectivity index (χ1n) is 7.33. The Morgan fingerprint density at radius 1 is 1.08 bits per heavy atom. The maximum Gasteiger partial charge on any atom is 0.335 e. The molecule has 2 bridgehead atoms. The molecule has 2 aromatic carbocycles. The van der Waals surface area contributed by atoms with Crippen molar-refractivity contribution in [3.05, 3.63) is 69.8 Å². The summed E-state index contributed by atoms with van der Waals surface area (Å²) in [7, 11) is -3.50. The first-order valence-corrected chi connectivity index (χ1v) is 9.15. The Kier molecular flexibility index (Phi) is 3.28. The third kappa shape index (κ3) is 2.41. The standard InChI is InChI=1S/C17H14O6S/c1-24(20,21)22-8-9-2-4-11-13(6-9)15-12-5-3-10(17(18)19)7-14(12)16(11)23-15/h2-7,15-16H,8H2,1H3,(H,18,19)/t15-,16-/m1/s1. The Bertz CT molecular complexity index is 963. The molecule has 7 heteroatoms. The van der Waals surface area contributed by atoms with Gasteiger partial charge in [-0.15, -0.1) is 0 Å². The minimum absolute atomic E-state index is 0.0195. The zero-order valence-corrected chi connectivity index (χ0v) is 13.5. The van der Waals surface area contributed by atoms with Gasteiger partial charge >= 0.3 is 5.97 Å². The number of carboxylic acid groups (broad SMARTS) is 1. The summed E-state index contributed by atoms with van der Waals surface area (Å²) in [4.78, 5) is 11.1. The van der Waals surface area contributed by atoms with Gasteiger partial charge in [-0.1, -0.05) is 24.3 Å². The van der Waals surface area contributed by atoms with Crippen LogP contribution in [-0.4, -0.2) is 25.7 Å². The predicted molar refractivity (Wildman–Crippen MR) is 84.2 cm³/mol. The molecule has 0 aromatic heterocycles. The van der Waals surface area contributed by atoms with Crippen LogP contribution in [0.25, 0.3) is 0 Å².